The number of rotatable bonds is 7. The van der Waals surface area contributed by atoms with Crippen LogP contribution in [0.3, 0.4) is 0 Å². The van der Waals surface area contributed by atoms with Crippen LogP contribution in [0.15, 0.2) is 63.1 Å². The second-order valence-electron chi connectivity index (χ2n) is 6.98. The third-order valence-electron chi connectivity index (χ3n) is 5.08. The summed E-state index contributed by atoms with van der Waals surface area (Å²) in [6.45, 7) is 2.90. The van der Waals surface area contributed by atoms with Crippen molar-refractivity contribution in [3.05, 3.63) is 69.1 Å². The van der Waals surface area contributed by atoms with E-state index in [9.17, 15) is 9.59 Å². The van der Waals surface area contributed by atoms with Crippen molar-refractivity contribution in [1.29, 1.82) is 5.26 Å². The molecule has 0 aliphatic rings. The molecule has 0 unspecified atom stereocenters. The number of carbonyl (C=O) groups excluding carboxylic acids is 1. The molecule has 2 heterocycles. The van der Waals surface area contributed by atoms with Crippen LogP contribution in [0.4, 0.5) is 0 Å². The zero-order chi connectivity index (χ0) is 22.0. The molecule has 4 aromatic rings. The number of aryl methyl sites for hydroxylation is 1. The standard InChI is InChI=1S/C23H19BrN4O2S/c1-2-28-22(30)17-12-15(24)8-9-19(17)26-23(28)31-14-21(29)18-13-27(11-5-10-25)20-7-4-3-6-16(18)20/h3-4,6-9,12-13H,2,5,11,14H2,1H3. The maximum absolute atomic E-state index is 13.1. The van der Waals surface area contributed by atoms with Crippen LogP contribution >= 0.6 is 27.7 Å². The number of benzene rings is 2. The molecule has 156 valence electrons. The third kappa shape index (κ3) is 4.16. The zero-order valence-electron chi connectivity index (χ0n) is 16.8. The molecule has 0 saturated heterocycles. The predicted molar refractivity (Wildman–Crippen MR) is 127 cm³/mol. The lowest BCUT2D eigenvalue weighted by Gasteiger charge is -2.11. The van der Waals surface area contributed by atoms with Crippen molar-refractivity contribution < 1.29 is 4.79 Å². The number of nitrogens with zero attached hydrogens (tertiary/aromatic N) is 4. The van der Waals surface area contributed by atoms with Gasteiger partial charge in [-0.25, -0.2) is 4.98 Å². The molecular weight excluding hydrogens is 476 g/mol. The third-order valence-corrected chi connectivity index (χ3v) is 6.55. The number of halogens is 1. The molecule has 0 spiro atoms. The lowest BCUT2D eigenvalue weighted by molar-refractivity contribution is 0.102. The highest BCUT2D eigenvalue weighted by Crippen LogP contribution is 2.25. The van der Waals surface area contributed by atoms with Crippen LogP contribution in [-0.2, 0) is 13.1 Å². The minimum absolute atomic E-state index is 0.0373. The topological polar surface area (TPSA) is 80.7 Å². The van der Waals surface area contributed by atoms with E-state index in [2.05, 4.69) is 27.0 Å². The number of nitriles is 1. The van der Waals surface area contributed by atoms with Gasteiger partial charge in [0.05, 0.1) is 29.1 Å². The van der Waals surface area contributed by atoms with Gasteiger partial charge in [-0.2, -0.15) is 5.26 Å². The Morgan fingerprint density at radius 3 is 2.81 bits per heavy atom. The van der Waals surface area contributed by atoms with Gasteiger partial charge in [0.25, 0.3) is 5.56 Å². The van der Waals surface area contributed by atoms with Crippen LogP contribution < -0.4 is 5.56 Å². The van der Waals surface area contributed by atoms with E-state index >= 15 is 0 Å². The molecule has 2 aromatic heterocycles. The maximum atomic E-state index is 13.1. The lowest BCUT2D eigenvalue weighted by atomic mass is 10.1. The van der Waals surface area contributed by atoms with Crippen LogP contribution in [0.25, 0.3) is 21.8 Å². The molecule has 8 heteroatoms. The summed E-state index contributed by atoms with van der Waals surface area (Å²) in [4.78, 5) is 30.6. The number of carbonyl (C=O) groups is 1. The first kappa shape index (κ1) is 21.3. The van der Waals surface area contributed by atoms with E-state index in [0.29, 0.717) is 41.1 Å². The van der Waals surface area contributed by atoms with Gasteiger partial charge in [-0.1, -0.05) is 45.9 Å². The normalized spacial score (nSPS) is 11.1. The zero-order valence-corrected chi connectivity index (χ0v) is 19.2. The molecule has 0 saturated carbocycles. The fourth-order valence-corrected chi connectivity index (χ4v) is 4.90. The fraction of sp³-hybridized carbons (Fsp3) is 0.217. The van der Waals surface area contributed by atoms with Gasteiger partial charge >= 0.3 is 0 Å². The van der Waals surface area contributed by atoms with Crippen molar-refractivity contribution >= 4 is 55.3 Å². The lowest BCUT2D eigenvalue weighted by Crippen LogP contribution is -2.23. The van der Waals surface area contributed by atoms with E-state index in [1.165, 1.54) is 11.8 Å². The first-order valence-corrected chi connectivity index (χ1v) is 11.6. The van der Waals surface area contributed by atoms with Crippen molar-refractivity contribution in [3.8, 4) is 6.07 Å². The quantitative estimate of drug-likeness (QED) is 0.204. The summed E-state index contributed by atoms with van der Waals surface area (Å²) in [5.41, 5.74) is 2.06. The highest BCUT2D eigenvalue weighted by Gasteiger charge is 2.17. The Kier molecular flexibility index (Phi) is 6.25. The second kappa shape index (κ2) is 9.08. The average Bonchev–Trinajstić information content (AvgIpc) is 3.15. The van der Waals surface area contributed by atoms with Crippen molar-refractivity contribution in [2.75, 3.05) is 5.75 Å². The van der Waals surface area contributed by atoms with Crippen molar-refractivity contribution in [1.82, 2.24) is 14.1 Å². The molecule has 0 N–H and O–H groups in total. The van der Waals surface area contributed by atoms with E-state index in [0.717, 1.165) is 15.4 Å². The van der Waals surface area contributed by atoms with E-state index in [1.54, 1.807) is 16.7 Å². The summed E-state index contributed by atoms with van der Waals surface area (Å²) in [7, 11) is 0. The SMILES string of the molecule is CCn1c(SCC(=O)c2cn(CCC#N)c3ccccc23)nc2ccc(Br)cc2c1=O. The molecule has 6 nitrogen and oxygen atoms in total. The number of thioether (sulfide) groups is 1. The van der Waals surface area contributed by atoms with Gasteiger partial charge in [0, 0.05) is 40.2 Å². The van der Waals surface area contributed by atoms with Gasteiger partial charge in [0.15, 0.2) is 10.9 Å². The smallest absolute Gasteiger partial charge is 0.262 e. The molecule has 0 bridgehead atoms. The molecule has 0 fully saturated rings. The second-order valence-corrected chi connectivity index (χ2v) is 8.84. The van der Waals surface area contributed by atoms with Gasteiger partial charge in [-0.3, -0.25) is 14.2 Å². The highest BCUT2D eigenvalue weighted by molar-refractivity contribution is 9.10. The summed E-state index contributed by atoms with van der Waals surface area (Å²) in [5.74, 6) is 0.130. The van der Waals surface area contributed by atoms with Crippen molar-refractivity contribution in [2.45, 2.75) is 31.6 Å². The number of aromatic nitrogens is 3. The Morgan fingerprint density at radius 1 is 1.23 bits per heavy atom. The fourth-order valence-electron chi connectivity index (χ4n) is 3.59. The number of ketones is 1. The maximum Gasteiger partial charge on any atom is 0.262 e. The molecular formula is C23H19BrN4O2S. The van der Waals surface area contributed by atoms with Crippen LogP contribution in [0.1, 0.15) is 23.7 Å². The Labute approximate surface area is 191 Å². The summed E-state index contributed by atoms with van der Waals surface area (Å²) in [5, 5.41) is 10.9. The number of para-hydroxylation sites is 1. The van der Waals surface area contributed by atoms with E-state index in [4.69, 9.17) is 5.26 Å². The molecule has 0 atom stereocenters. The van der Waals surface area contributed by atoms with Gasteiger partial charge in [0.2, 0.25) is 0 Å². The predicted octanol–water partition coefficient (Wildman–Crippen LogP) is 5.02. The molecule has 31 heavy (non-hydrogen) atoms. The molecule has 0 radical (unpaired) electrons. The number of fused-ring (bicyclic) bond motifs is 2. The Balaban J connectivity index is 1.65. The van der Waals surface area contributed by atoms with Gasteiger partial charge in [-0.05, 0) is 31.2 Å². The summed E-state index contributed by atoms with van der Waals surface area (Å²) >= 11 is 4.67. The number of hydrogen-bond donors (Lipinski definition) is 0. The first-order valence-electron chi connectivity index (χ1n) is 9.84. The van der Waals surface area contributed by atoms with Crippen molar-refractivity contribution in [2.24, 2.45) is 0 Å². The Bertz CT molecular complexity index is 1400. The first-order chi connectivity index (χ1) is 15.0. The molecule has 0 aliphatic heterocycles. The van der Waals surface area contributed by atoms with Gasteiger partial charge in [-0.15, -0.1) is 0 Å². The van der Waals surface area contributed by atoms with Crippen molar-refractivity contribution in [3.63, 3.8) is 0 Å². The monoisotopic (exact) mass is 494 g/mol. The summed E-state index contributed by atoms with van der Waals surface area (Å²) in [6.07, 6.45) is 2.20. The molecule has 0 aliphatic carbocycles. The highest BCUT2D eigenvalue weighted by atomic mass is 79.9. The van der Waals surface area contributed by atoms with Gasteiger partial charge in [0.1, 0.15) is 0 Å². The Morgan fingerprint density at radius 2 is 2.03 bits per heavy atom. The minimum Gasteiger partial charge on any atom is -0.346 e. The molecule has 0 amide bonds. The Hall–Kier alpha value is -2.89. The summed E-state index contributed by atoms with van der Waals surface area (Å²) in [6, 6.07) is 15.3. The molecule has 4 rings (SSSR count). The van der Waals surface area contributed by atoms with Crippen LogP contribution in [-0.4, -0.2) is 25.7 Å². The number of hydrogen-bond acceptors (Lipinski definition) is 5. The summed E-state index contributed by atoms with van der Waals surface area (Å²) < 4.78 is 4.37. The van der Waals surface area contributed by atoms with Crippen LogP contribution in [0.2, 0.25) is 0 Å². The largest absolute Gasteiger partial charge is 0.346 e. The van der Waals surface area contributed by atoms with E-state index in [1.807, 2.05) is 48.0 Å². The van der Waals surface area contributed by atoms with E-state index in [-0.39, 0.29) is 17.1 Å². The van der Waals surface area contributed by atoms with Gasteiger partial charge < -0.3 is 4.57 Å². The minimum atomic E-state index is -0.114. The van der Waals surface area contributed by atoms with Crippen LogP contribution in [0, 0.1) is 11.3 Å². The van der Waals surface area contributed by atoms with Crippen LogP contribution in [0.5, 0.6) is 0 Å². The van der Waals surface area contributed by atoms with E-state index < -0.39 is 0 Å². The molecule has 2 aromatic carbocycles. The number of Topliss-reactive ketones (excluding diaryl/α,β-unsaturated/α-hetero) is 1. The average molecular weight is 495 g/mol.